The third-order valence-corrected chi connectivity index (χ3v) is 5.03. The number of hydrogen-bond acceptors (Lipinski definition) is 5. The molecule has 1 amide bonds. The number of hydrogen-bond donors (Lipinski definition) is 1. The summed E-state index contributed by atoms with van der Waals surface area (Å²) in [5.41, 5.74) is 1.64. The Hall–Kier alpha value is -3.61. The van der Waals surface area contributed by atoms with E-state index in [0.717, 1.165) is 5.56 Å². The maximum absolute atomic E-state index is 13.4. The van der Waals surface area contributed by atoms with E-state index in [1.807, 2.05) is 19.9 Å². The van der Waals surface area contributed by atoms with E-state index in [1.165, 1.54) is 7.11 Å². The van der Waals surface area contributed by atoms with Crippen LogP contribution in [0.15, 0.2) is 53.8 Å². The number of carbonyl (C=O) groups is 1. The fraction of sp³-hybridized carbons (Fsp3) is 0.292. The summed E-state index contributed by atoms with van der Waals surface area (Å²) < 4.78 is 10.9. The Morgan fingerprint density at radius 3 is 2.61 bits per heavy atom. The van der Waals surface area contributed by atoms with E-state index >= 15 is 0 Å². The van der Waals surface area contributed by atoms with Gasteiger partial charge in [0.25, 0.3) is 11.5 Å². The van der Waals surface area contributed by atoms with Gasteiger partial charge in [0.05, 0.1) is 31.7 Å². The van der Waals surface area contributed by atoms with Gasteiger partial charge < -0.3 is 19.4 Å². The fourth-order valence-electron chi connectivity index (χ4n) is 3.50. The second-order valence-electron chi connectivity index (χ2n) is 7.42. The van der Waals surface area contributed by atoms with Crippen LogP contribution in [0.2, 0.25) is 0 Å². The number of carbonyl (C=O) groups excluding carboxylic acids is 1. The van der Waals surface area contributed by atoms with Gasteiger partial charge in [0.2, 0.25) is 0 Å². The van der Waals surface area contributed by atoms with Crippen LogP contribution in [0.3, 0.4) is 0 Å². The number of ether oxygens (including phenoxy) is 2. The van der Waals surface area contributed by atoms with Crippen LogP contribution in [0.5, 0.6) is 11.5 Å². The third kappa shape index (κ3) is 4.60. The molecule has 2 aromatic carbocycles. The normalized spacial score (nSPS) is 10.9. The molecule has 31 heavy (non-hydrogen) atoms. The molecule has 0 bridgehead atoms. The van der Waals surface area contributed by atoms with Crippen LogP contribution in [0.1, 0.15) is 35.6 Å². The number of methoxy groups -OCH3 is 2. The molecule has 3 rings (SSSR count). The number of aromatic nitrogens is 2. The minimum atomic E-state index is -0.226. The number of fused-ring (bicyclic) bond motifs is 1. The van der Waals surface area contributed by atoms with Gasteiger partial charge in [-0.05, 0) is 44.5 Å². The molecule has 1 N–H and O–H groups in total. The largest absolute Gasteiger partial charge is 0.493 e. The van der Waals surface area contributed by atoms with Gasteiger partial charge in [0.1, 0.15) is 5.82 Å². The smallest absolute Gasteiger partial charge is 0.258 e. The molecule has 0 saturated heterocycles. The molecule has 0 aliphatic rings. The molecule has 1 heterocycles. The molecule has 7 heteroatoms. The van der Waals surface area contributed by atoms with Crippen LogP contribution in [0.4, 0.5) is 0 Å². The van der Waals surface area contributed by atoms with Crippen molar-refractivity contribution in [2.24, 2.45) is 0 Å². The lowest BCUT2D eigenvalue weighted by molar-refractivity contribution is 0.0684. The van der Waals surface area contributed by atoms with Crippen molar-refractivity contribution in [2.75, 3.05) is 14.2 Å². The Morgan fingerprint density at radius 2 is 1.97 bits per heavy atom. The summed E-state index contributed by atoms with van der Waals surface area (Å²) in [6.07, 6.45) is 2.28. The van der Waals surface area contributed by atoms with Crippen molar-refractivity contribution >= 4 is 16.8 Å². The van der Waals surface area contributed by atoms with Crippen molar-refractivity contribution < 1.29 is 14.3 Å². The molecule has 0 aliphatic carbocycles. The highest BCUT2D eigenvalue weighted by Crippen LogP contribution is 2.34. The van der Waals surface area contributed by atoms with Crippen molar-refractivity contribution in [3.05, 3.63) is 76.4 Å². The minimum Gasteiger partial charge on any atom is -0.493 e. The fourth-order valence-corrected chi connectivity index (χ4v) is 3.50. The lowest BCUT2D eigenvalue weighted by Gasteiger charge is -2.27. The zero-order valence-electron chi connectivity index (χ0n) is 18.3. The number of rotatable bonds is 8. The number of aromatic amines is 1. The molecule has 3 aromatic rings. The average molecular weight is 421 g/mol. The standard InChI is InChI=1S/C24H27N3O4/c1-6-9-16-12-17(13-20(30-4)22(16)31-5)24(29)27(15(2)3)14-21-25-19-11-8-7-10-18(19)23(28)26-21/h6-8,10-13,15H,1,9,14H2,2-5H3,(H,25,26,28). The molecule has 0 atom stereocenters. The van der Waals surface area contributed by atoms with Crippen molar-refractivity contribution in [1.29, 1.82) is 0 Å². The summed E-state index contributed by atoms with van der Waals surface area (Å²) >= 11 is 0. The first-order chi connectivity index (χ1) is 14.9. The van der Waals surface area contributed by atoms with E-state index in [9.17, 15) is 9.59 Å². The second kappa shape index (κ2) is 9.47. The van der Waals surface area contributed by atoms with Gasteiger partial charge >= 0.3 is 0 Å². The van der Waals surface area contributed by atoms with Crippen LogP contribution in [0.25, 0.3) is 10.9 Å². The molecular formula is C24H27N3O4. The van der Waals surface area contributed by atoms with Crippen molar-refractivity contribution in [3.63, 3.8) is 0 Å². The van der Waals surface area contributed by atoms with E-state index < -0.39 is 0 Å². The lowest BCUT2D eigenvalue weighted by Crippen LogP contribution is -2.37. The number of para-hydroxylation sites is 1. The third-order valence-electron chi connectivity index (χ3n) is 5.03. The topological polar surface area (TPSA) is 84.5 Å². The monoisotopic (exact) mass is 421 g/mol. The van der Waals surface area contributed by atoms with Gasteiger partial charge in [-0.2, -0.15) is 0 Å². The molecule has 0 spiro atoms. The van der Waals surface area contributed by atoms with Crippen LogP contribution in [0, 0.1) is 0 Å². The maximum atomic E-state index is 13.4. The average Bonchev–Trinajstić information content (AvgIpc) is 2.76. The first-order valence-corrected chi connectivity index (χ1v) is 10.0. The van der Waals surface area contributed by atoms with E-state index in [4.69, 9.17) is 9.47 Å². The number of allylic oxidation sites excluding steroid dienone is 1. The van der Waals surface area contributed by atoms with Gasteiger partial charge in [0.15, 0.2) is 11.5 Å². The molecule has 7 nitrogen and oxygen atoms in total. The van der Waals surface area contributed by atoms with Crippen LogP contribution < -0.4 is 15.0 Å². The Kier molecular flexibility index (Phi) is 6.74. The van der Waals surface area contributed by atoms with Gasteiger partial charge in [-0.1, -0.05) is 18.2 Å². The van der Waals surface area contributed by atoms with Crippen molar-refractivity contribution in [3.8, 4) is 11.5 Å². The summed E-state index contributed by atoms with van der Waals surface area (Å²) in [4.78, 5) is 34.9. The molecular weight excluding hydrogens is 394 g/mol. The first-order valence-electron chi connectivity index (χ1n) is 10.0. The van der Waals surface area contributed by atoms with E-state index in [2.05, 4.69) is 16.5 Å². The van der Waals surface area contributed by atoms with Crippen molar-refractivity contribution in [2.45, 2.75) is 32.9 Å². The highest BCUT2D eigenvalue weighted by atomic mass is 16.5. The molecule has 1 aromatic heterocycles. The van der Waals surface area contributed by atoms with Gasteiger partial charge in [-0.15, -0.1) is 6.58 Å². The number of nitrogens with zero attached hydrogens (tertiary/aromatic N) is 2. The predicted molar refractivity (Wildman–Crippen MR) is 121 cm³/mol. The number of nitrogens with one attached hydrogen (secondary N) is 1. The summed E-state index contributed by atoms with van der Waals surface area (Å²) in [6, 6.07) is 10.5. The van der Waals surface area contributed by atoms with Gasteiger partial charge in [0, 0.05) is 17.2 Å². The first kappa shape index (κ1) is 22.1. The number of H-pyrrole nitrogens is 1. The Balaban J connectivity index is 2.00. The predicted octanol–water partition coefficient (Wildman–Crippen LogP) is 3.72. The zero-order chi connectivity index (χ0) is 22.5. The lowest BCUT2D eigenvalue weighted by atomic mass is 10.0. The molecule has 0 saturated carbocycles. The highest BCUT2D eigenvalue weighted by Gasteiger charge is 2.23. The van der Waals surface area contributed by atoms with Crippen LogP contribution in [-0.4, -0.2) is 41.0 Å². The Labute approximate surface area is 181 Å². The summed E-state index contributed by atoms with van der Waals surface area (Å²) in [5, 5.41) is 0.516. The Bertz CT molecular complexity index is 1170. The minimum absolute atomic E-state index is 0.125. The van der Waals surface area contributed by atoms with E-state index in [0.29, 0.717) is 40.2 Å². The molecule has 162 valence electrons. The highest BCUT2D eigenvalue weighted by molar-refractivity contribution is 5.95. The number of benzene rings is 2. The molecule has 0 radical (unpaired) electrons. The summed E-state index contributed by atoms with van der Waals surface area (Å²) in [5.74, 6) is 1.29. The summed E-state index contributed by atoms with van der Waals surface area (Å²) in [7, 11) is 3.10. The molecule has 0 unspecified atom stereocenters. The quantitative estimate of drug-likeness (QED) is 0.561. The van der Waals surface area contributed by atoms with E-state index in [1.54, 1.807) is 48.4 Å². The van der Waals surface area contributed by atoms with Crippen molar-refractivity contribution in [1.82, 2.24) is 14.9 Å². The number of amides is 1. The van der Waals surface area contributed by atoms with Gasteiger partial charge in [-0.3, -0.25) is 9.59 Å². The Morgan fingerprint density at radius 1 is 1.23 bits per heavy atom. The van der Waals surface area contributed by atoms with Crippen LogP contribution in [-0.2, 0) is 13.0 Å². The SMILES string of the molecule is C=CCc1cc(C(=O)N(Cc2nc3ccccc3c(=O)[nH]2)C(C)C)cc(OC)c1OC. The molecule has 0 aliphatic heterocycles. The zero-order valence-corrected chi connectivity index (χ0v) is 18.3. The summed E-state index contributed by atoms with van der Waals surface area (Å²) in [6.45, 7) is 7.79. The van der Waals surface area contributed by atoms with E-state index in [-0.39, 0.29) is 24.1 Å². The van der Waals surface area contributed by atoms with Crippen LogP contribution >= 0.6 is 0 Å². The second-order valence-corrected chi connectivity index (χ2v) is 7.42. The van der Waals surface area contributed by atoms with Gasteiger partial charge in [-0.25, -0.2) is 4.98 Å². The molecule has 0 fully saturated rings. The maximum Gasteiger partial charge on any atom is 0.258 e.